The maximum absolute atomic E-state index is 10.2. The first kappa shape index (κ1) is 30.6. The van der Waals surface area contributed by atoms with Crippen molar-refractivity contribution >= 4 is 71.0 Å². The second-order valence-corrected chi connectivity index (χ2v) is 11.2. The van der Waals surface area contributed by atoms with Crippen molar-refractivity contribution < 1.29 is 37.5 Å². The minimum atomic E-state index is -4.84. The summed E-state index contributed by atoms with van der Waals surface area (Å²) >= 11 is 0.839. The predicted molar refractivity (Wildman–Crippen MR) is 108 cm³/mol. The minimum absolute atomic E-state index is 0.589. The molecule has 0 spiro atoms. The number of unbranched alkanes of at least 4 members (excludes halogenated alkanes) is 9. The van der Waals surface area contributed by atoms with Crippen LogP contribution in [0.15, 0.2) is 0 Å². The Morgan fingerprint density at radius 2 is 1.36 bits per heavy atom. The molecule has 0 heterocycles. The van der Waals surface area contributed by atoms with Gasteiger partial charge in [-0.1, -0.05) is 13.3 Å². The molecule has 0 aromatic rings. The number of carboxylic acids is 2. The van der Waals surface area contributed by atoms with E-state index in [9.17, 15) is 18.0 Å². The van der Waals surface area contributed by atoms with Crippen molar-refractivity contribution in [2.75, 3.05) is 6.61 Å². The first-order valence-electron chi connectivity index (χ1n) is 10.0. The van der Waals surface area contributed by atoms with E-state index in [1.54, 1.807) is 0 Å². The fourth-order valence-electron chi connectivity index (χ4n) is 2.39. The minimum Gasteiger partial charge on any atom is -0.481 e. The fraction of sp³-hybridized carbons (Fsp3) is 0.889. The van der Waals surface area contributed by atoms with E-state index in [2.05, 4.69) is 13.8 Å². The summed E-state index contributed by atoms with van der Waals surface area (Å²) in [5, 5.41) is 13.9. The van der Waals surface area contributed by atoms with Gasteiger partial charge in [-0.05, 0) is 0 Å². The van der Waals surface area contributed by atoms with Crippen LogP contribution >= 0.6 is 0 Å². The van der Waals surface area contributed by atoms with Crippen molar-refractivity contribution in [3.63, 3.8) is 0 Å². The Morgan fingerprint density at radius 3 is 1.64 bits per heavy atom. The van der Waals surface area contributed by atoms with Gasteiger partial charge in [0, 0.05) is 0 Å². The number of carboxylic acid groups (broad SMARTS) is 2. The van der Waals surface area contributed by atoms with Gasteiger partial charge in [0.05, 0.1) is 6.42 Å². The third-order valence-electron chi connectivity index (χ3n) is 3.94. The smallest absolute Gasteiger partial charge is 0.325 e. The van der Waals surface area contributed by atoms with Crippen LogP contribution in [0, 0.1) is 0 Å². The number of aliphatic carboxylic acids is 2. The molecule has 0 aliphatic heterocycles. The summed E-state index contributed by atoms with van der Waals surface area (Å²) in [6.07, 6.45) is 12.9. The Kier molecular flexibility index (Phi) is 21.2. The van der Waals surface area contributed by atoms with Crippen molar-refractivity contribution in [3.8, 4) is 0 Å². The van der Waals surface area contributed by atoms with Crippen molar-refractivity contribution in [2.24, 2.45) is 0 Å². The molecule has 0 aromatic heterocycles. The SMILES string of the molecule is CCCCCCCCCCCCO[CH](C)[K].O=C(O)CC(C(=O)O)S(=O)(=O)O. The van der Waals surface area contributed by atoms with Crippen molar-refractivity contribution in [1.29, 1.82) is 0 Å². The van der Waals surface area contributed by atoms with Gasteiger partial charge in [-0.25, -0.2) is 0 Å². The molecule has 0 radical (unpaired) electrons. The van der Waals surface area contributed by atoms with Gasteiger partial charge < -0.3 is 10.2 Å². The molecule has 0 aromatic carbocycles. The molecule has 28 heavy (non-hydrogen) atoms. The zero-order chi connectivity index (χ0) is 22.0. The number of carbonyl (C=O) groups is 2. The Morgan fingerprint density at radius 1 is 0.929 bits per heavy atom. The van der Waals surface area contributed by atoms with Crippen LogP contribution < -0.4 is 0 Å². The maximum atomic E-state index is 10.2. The second-order valence-electron chi connectivity index (χ2n) is 7.04. The summed E-state index contributed by atoms with van der Waals surface area (Å²) in [6, 6.07) is 0. The van der Waals surface area contributed by atoms with Crippen molar-refractivity contribution in [3.05, 3.63) is 0 Å². The molecule has 8 nitrogen and oxygen atoms in total. The van der Waals surface area contributed by atoms with Crippen molar-refractivity contribution in [2.45, 2.75) is 89.9 Å². The molecule has 0 saturated carbocycles. The van der Waals surface area contributed by atoms with E-state index >= 15 is 0 Å². The molecule has 3 N–H and O–H groups in total. The topological polar surface area (TPSA) is 138 Å². The van der Waals surface area contributed by atoms with E-state index in [1.165, 1.54) is 64.2 Å². The molecule has 0 bridgehead atoms. The van der Waals surface area contributed by atoms with Gasteiger partial charge in [0.1, 0.15) is 0 Å². The summed E-state index contributed by atoms with van der Waals surface area (Å²) in [4.78, 5) is 20.0. The third-order valence-corrected chi connectivity index (χ3v) is 5.55. The van der Waals surface area contributed by atoms with E-state index in [1.807, 2.05) is 0 Å². The van der Waals surface area contributed by atoms with E-state index < -0.39 is 33.7 Å². The monoisotopic (exact) mass is 450 g/mol. The van der Waals surface area contributed by atoms with Crippen molar-refractivity contribution in [1.82, 2.24) is 0 Å². The molecule has 0 aliphatic rings. The molecule has 162 valence electrons. The maximum Gasteiger partial charge on any atom is 0.325 e. The van der Waals surface area contributed by atoms with E-state index in [0.29, 0.717) is 0.199 Å². The van der Waals surface area contributed by atoms with Crippen LogP contribution in [0.25, 0.3) is 0 Å². The average molecular weight is 451 g/mol. The van der Waals surface area contributed by atoms with Gasteiger partial charge in [-0.15, -0.1) is 0 Å². The third kappa shape index (κ3) is 22.7. The summed E-state index contributed by atoms with van der Waals surface area (Å²) in [7, 11) is -4.84. The molecule has 2 unspecified atom stereocenters. The molecule has 0 amide bonds. The van der Waals surface area contributed by atoms with Gasteiger partial charge in [-0.2, -0.15) is 8.42 Å². The summed E-state index contributed by atoms with van der Waals surface area (Å²) in [5.41, 5.74) is 0. The molecular weight excluding hydrogens is 415 g/mol. The molecular formula is C18H35KO8S. The number of rotatable bonds is 16. The molecule has 10 heteroatoms. The van der Waals surface area contributed by atoms with Crippen LogP contribution in [0.4, 0.5) is 0 Å². The molecule has 2 atom stereocenters. The van der Waals surface area contributed by atoms with Gasteiger partial charge >= 0.3 is 137 Å². The van der Waals surface area contributed by atoms with Crippen LogP contribution in [-0.2, 0) is 24.4 Å². The zero-order valence-corrected chi connectivity index (χ0v) is 21.4. The molecule has 0 fully saturated rings. The first-order valence-corrected chi connectivity index (χ1v) is 13.4. The number of hydrogen-bond donors (Lipinski definition) is 3. The van der Waals surface area contributed by atoms with Gasteiger partial charge in [0.25, 0.3) is 10.1 Å². The molecule has 0 rings (SSSR count). The van der Waals surface area contributed by atoms with Crippen LogP contribution in [-0.4, -0.2) is 96.1 Å². The Labute approximate surface area is 203 Å². The van der Waals surface area contributed by atoms with Crippen LogP contribution in [0.5, 0.6) is 0 Å². The predicted octanol–water partition coefficient (Wildman–Crippen LogP) is 3.24. The van der Waals surface area contributed by atoms with E-state index in [0.717, 1.165) is 55.6 Å². The summed E-state index contributed by atoms with van der Waals surface area (Å²) < 4.78 is 34.9. The number of hydrogen-bond acceptors (Lipinski definition) is 5. The normalized spacial score (nSPS) is 13.3. The van der Waals surface area contributed by atoms with Crippen LogP contribution in [0.1, 0.15) is 84.5 Å². The largest absolute Gasteiger partial charge is 0.481 e. The van der Waals surface area contributed by atoms with E-state index in [4.69, 9.17) is 19.5 Å². The average Bonchev–Trinajstić information content (AvgIpc) is 2.56. The molecule has 0 saturated heterocycles. The Bertz CT molecular complexity index is 508. The first-order chi connectivity index (χ1) is 13.0. The van der Waals surface area contributed by atoms with Gasteiger partial charge in [0.2, 0.25) is 0 Å². The van der Waals surface area contributed by atoms with E-state index in [-0.39, 0.29) is 0 Å². The quantitative estimate of drug-likeness (QED) is 0.185. The summed E-state index contributed by atoms with van der Waals surface area (Å²) in [6.45, 7) is 5.47. The zero-order valence-electron chi connectivity index (χ0n) is 17.4. The second kappa shape index (κ2) is 19.4. The standard InChI is InChI=1S/C14H29O.C4H6O7S.K/c1-3-5-6-7-8-9-10-11-12-13-14-15-4-2;5-3(6)1-2(4(7)8)12(9,10)11;/h4H,3,5-14H2,1-2H3;2H,1H2,(H,5,6)(H,7,8)(H,9,10,11);. The van der Waals surface area contributed by atoms with Gasteiger partial charge in [-0.3, -0.25) is 14.1 Å². The van der Waals surface area contributed by atoms with Gasteiger partial charge in [0.15, 0.2) is 5.25 Å². The Balaban J connectivity index is 0. The summed E-state index contributed by atoms with van der Waals surface area (Å²) in [5.74, 6) is -3.50. The van der Waals surface area contributed by atoms with Crippen LogP contribution in [0.3, 0.4) is 0 Å². The Hall–Kier alpha value is 0.446. The molecule has 0 aliphatic carbocycles. The fourth-order valence-corrected chi connectivity index (χ4v) is 3.36. The van der Waals surface area contributed by atoms with Crippen LogP contribution in [0.2, 0.25) is 0 Å². The number of ether oxygens (including phenoxy) is 1.